The van der Waals surface area contributed by atoms with Gasteiger partial charge in [-0.25, -0.2) is 4.79 Å². The van der Waals surface area contributed by atoms with Crippen molar-refractivity contribution in [3.8, 4) is 0 Å². The number of carbonyl (C=O) groups excluding carboxylic acids is 11. The first-order valence-corrected chi connectivity index (χ1v) is 27.1. The maximum absolute atomic E-state index is 14.2. The number of hydrogen-bond donors (Lipinski definition) is 19. The third-order valence-electron chi connectivity index (χ3n) is 13.1. The molecule has 1 rings (SSSR count). The molecule has 86 heavy (non-hydrogen) atoms. The lowest BCUT2D eigenvalue weighted by Gasteiger charge is -2.32. The van der Waals surface area contributed by atoms with Crippen LogP contribution in [0.4, 0.5) is 0 Å². The van der Waals surface area contributed by atoms with Crippen LogP contribution in [0.15, 0.2) is 0 Å². The van der Waals surface area contributed by atoms with Crippen LogP contribution < -0.4 is 58.9 Å². The highest BCUT2D eigenvalue weighted by Gasteiger charge is 2.42. The van der Waals surface area contributed by atoms with Crippen molar-refractivity contribution in [1.29, 1.82) is 0 Å². The predicted molar refractivity (Wildman–Crippen MR) is 289 cm³/mol. The number of hydrogen-bond acceptors (Lipinski definition) is 20. The molecule has 1 fully saturated rings. The molecule has 0 unspecified atom stereocenters. The topological polar surface area (TPSA) is 585 Å². The lowest BCUT2D eigenvalue weighted by atomic mass is 10.00. The van der Waals surface area contributed by atoms with Gasteiger partial charge < -0.3 is 105 Å². The molecule has 0 bridgehead atoms. The van der Waals surface area contributed by atoms with E-state index in [0.717, 1.165) is 4.90 Å². The highest BCUT2D eigenvalue weighted by molar-refractivity contribution is 5.99. The summed E-state index contributed by atoms with van der Waals surface area (Å²) in [4.78, 5) is 205. The minimum absolute atomic E-state index is 0.0625. The molecule has 36 nitrogen and oxygen atoms in total. The number of carboxylic acids is 5. The third kappa shape index (κ3) is 25.7. The number of aliphatic carboxylic acids is 5. The first-order valence-electron chi connectivity index (χ1n) is 27.1. The molecule has 0 aromatic rings. The average Bonchev–Trinajstić information content (AvgIpc) is 3.36. The van der Waals surface area contributed by atoms with Gasteiger partial charge in [0.05, 0.1) is 38.8 Å². The molecule has 0 spiro atoms. The highest BCUT2D eigenvalue weighted by Crippen LogP contribution is 2.21. The second-order valence-corrected chi connectivity index (χ2v) is 20.9. The van der Waals surface area contributed by atoms with E-state index in [2.05, 4.69) is 42.5 Å². The van der Waals surface area contributed by atoms with E-state index >= 15 is 0 Å². The van der Waals surface area contributed by atoms with Crippen LogP contribution in [0.2, 0.25) is 0 Å². The van der Waals surface area contributed by atoms with E-state index in [1.54, 1.807) is 27.7 Å². The third-order valence-corrected chi connectivity index (χ3v) is 13.1. The Morgan fingerprint density at radius 1 is 0.442 bits per heavy atom. The smallest absolute Gasteiger partial charge is 0.326 e. The van der Waals surface area contributed by atoms with E-state index in [1.807, 2.05) is 10.6 Å². The normalized spacial score (nSPS) is 16.4. The molecule has 1 heterocycles. The Balaban J connectivity index is 3.26. The molecule has 20 N–H and O–H groups in total. The van der Waals surface area contributed by atoms with Gasteiger partial charge in [0.25, 0.3) is 0 Å². The van der Waals surface area contributed by atoms with Crippen LogP contribution in [-0.4, -0.2) is 240 Å². The zero-order valence-corrected chi connectivity index (χ0v) is 48.1. The largest absolute Gasteiger partial charge is 0.481 e. The van der Waals surface area contributed by atoms with E-state index in [1.165, 1.54) is 13.8 Å². The van der Waals surface area contributed by atoms with Crippen LogP contribution in [0.3, 0.4) is 0 Å². The number of aliphatic hydroxyl groups excluding tert-OH is 3. The monoisotopic (exact) mass is 1230 g/mol. The number of nitrogens with zero attached hydrogens (tertiary/aromatic N) is 1. The van der Waals surface area contributed by atoms with Crippen molar-refractivity contribution < 1.29 is 118 Å². The van der Waals surface area contributed by atoms with Gasteiger partial charge in [-0.1, -0.05) is 41.5 Å². The summed E-state index contributed by atoms with van der Waals surface area (Å²) in [5.41, 5.74) is 5.89. The van der Waals surface area contributed by atoms with E-state index < -0.39 is 244 Å². The van der Waals surface area contributed by atoms with Gasteiger partial charge >= 0.3 is 29.8 Å². The molecular weight excluding hydrogens is 1150 g/mol. The Labute approximate surface area is 491 Å². The molecule has 1 aliphatic heterocycles. The number of nitrogens with two attached hydrogens (primary N) is 1. The molecule has 0 radical (unpaired) electrons. The standard InChI is InChI=1S/C50H80N12O24/c1-21(2)37(51)47(82)60-38(22(3)4)48(83)59-30(20-65)44(79)54-24(9-12-33(67)68)40(75)52-17-32(66)53-28(18-63)43(78)55-26(11-14-35(71)72)42(77)61-39(23(5)6)49(84)62-15-7-8-31(62)46(81)56-25(10-13-34(69)70)41(76)58-29(19-64)45(80)57-27(50(85)86)16-36(73)74/h21-31,37-39,63-65H,7-20,51H2,1-6H3,(H,52,75)(H,53,66)(H,54,79)(H,55,78)(H,56,81)(H,57,80)(H,58,76)(H,59,83)(H,60,82)(H,61,77)(H,67,68)(H,69,70)(H,71,72)(H,73,74)(H,85,86)/t24-,25-,26-,27-,28-,29-,30-,31-,37-,38-,39-/m0/s1. The molecule has 36 heteroatoms. The van der Waals surface area contributed by atoms with Crippen LogP contribution in [0, 0.1) is 17.8 Å². The molecule has 0 aromatic heterocycles. The van der Waals surface area contributed by atoms with Crippen molar-refractivity contribution >= 4 is 94.8 Å². The van der Waals surface area contributed by atoms with Crippen LogP contribution >= 0.6 is 0 Å². The zero-order valence-electron chi connectivity index (χ0n) is 48.1. The Morgan fingerprint density at radius 3 is 1.24 bits per heavy atom. The molecule has 11 amide bonds. The SMILES string of the molecule is CC(C)[C@H](N)C(=O)N[C@H](C(=O)N[C@@H](CO)C(=O)N[C@@H](CCC(=O)O)C(=O)NCC(=O)N[C@@H](CO)C(=O)N[C@@H](CCC(=O)O)C(=O)N[C@H](C(=O)N1CCC[C@H]1C(=O)N[C@@H](CCC(=O)O)C(=O)N[C@@H](CO)C(=O)N[C@@H](CC(=O)O)C(=O)O)C(C)C)C(C)C. The van der Waals surface area contributed by atoms with E-state index in [-0.39, 0.29) is 25.3 Å². The minimum Gasteiger partial charge on any atom is -0.481 e. The maximum Gasteiger partial charge on any atom is 0.326 e. The molecule has 0 aromatic carbocycles. The number of carboxylic acid groups (broad SMARTS) is 5. The molecular formula is C50H80N12O24. The van der Waals surface area contributed by atoms with Gasteiger partial charge in [-0.05, 0) is 49.9 Å². The fourth-order valence-corrected chi connectivity index (χ4v) is 8.06. The van der Waals surface area contributed by atoms with Crippen molar-refractivity contribution in [3.05, 3.63) is 0 Å². The minimum atomic E-state index is -2.00. The summed E-state index contributed by atoms with van der Waals surface area (Å²) in [5, 5.41) is 98.2. The molecule has 484 valence electrons. The second kappa shape index (κ2) is 36.9. The van der Waals surface area contributed by atoms with Gasteiger partial charge in [0.2, 0.25) is 65.0 Å². The van der Waals surface area contributed by atoms with Crippen LogP contribution in [0.5, 0.6) is 0 Å². The number of aliphatic hydroxyl groups is 3. The summed E-state index contributed by atoms with van der Waals surface area (Å²) < 4.78 is 0. The number of nitrogens with one attached hydrogen (secondary N) is 10. The predicted octanol–water partition coefficient (Wildman–Crippen LogP) is -8.12. The fourth-order valence-electron chi connectivity index (χ4n) is 8.06. The van der Waals surface area contributed by atoms with Gasteiger partial charge in [-0.3, -0.25) is 71.9 Å². The van der Waals surface area contributed by atoms with Crippen molar-refractivity contribution in [1.82, 2.24) is 58.1 Å². The van der Waals surface area contributed by atoms with Gasteiger partial charge in [0, 0.05) is 25.8 Å². The highest BCUT2D eigenvalue weighted by atomic mass is 16.4. The summed E-state index contributed by atoms with van der Waals surface area (Å²) >= 11 is 0. The number of rotatable bonds is 39. The van der Waals surface area contributed by atoms with Crippen molar-refractivity contribution in [2.24, 2.45) is 23.5 Å². The number of likely N-dealkylation sites (tertiary alicyclic amines) is 1. The molecule has 1 saturated heterocycles. The van der Waals surface area contributed by atoms with Crippen LogP contribution in [-0.2, 0) is 76.7 Å². The van der Waals surface area contributed by atoms with Gasteiger partial charge in [0.15, 0.2) is 0 Å². The summed E-state index contributed by atoms with van der Waals surface area (Å²) in [6, 6.07) is -18.1. The number of amides is 11. The van der Waals surface area contributed by atoms with Crippen molar-refractivity contribution in [3.63, 3.8) is 0 Å². The second-order valence-electron chi connectivity index (χ2n) is 20.9. The van der Waals surface area contributed by atoms with Crippen LogP contribution in [0.1, 0.15) is 99.3 Å². The van der Waals surface area contributed by atoms with Crippen molar-refractivity contribution in [2.75, 3.05) is 32.9 Å². The first-order chi connectivity index (χ1) is 40.1. The van der Waals surface area contributed by atoms with Gasteiger partial charge in [0.1, 0.15) is 60.4 Å². The fraction of sp³-hybridized carbons (Fsp3) is 0.680. The Hall–Kier alpha value is -8.64. The average molecular weight is 1230 g/mol. The van der Waals surface area contributed by atoms with E-state index in [9.17, 15) is 112 Å². The quantitative estimate of drug-likeness (QED) is 0.0272. The molecule has 0 aliphatic carbocycles. The molecule has 0 saturated carbocycles. The van der Waals surface area contributed by atoms with Crippen molar-refractivity contribution in [2.45, 2.75) is 166 Å². The molecule has 1 aliphatic rings. The molecule has 11 atom stereocenters. The van der Waals surface area contributed by atoms with Crippen LogP contribution in [0.25, 0.3) is 0 Å². The maximum atomic E-state index is 14.2. The Morgan fingerprint density at radius 2 is 0.826 bits per heavy atom. The summed E-state index contributed by atoms with van der Waals surface area (Å²) in [6.07, 6.45) is -5.16. The lowest BCUT2D eigenvalue weighted by Crippen LogP contribution is -2.61. The Bertz CT molecular complexity index is 2480. The number of carbonyl (C=O) groups is 16. The van der Waals surface area contributed by atoms with E-state index in [4.69, 9.17) is 10.8 Å². The van der Waals surface area contributed by atoms with E-state index in [0.29, 0.717) is 0 Å². The zero-order chi connectivity index (χ0) is 65.9. The first kappa shape index (κ1) is 75.4. The Kier molecular flexibility index (Phi) is 32.4. The van der Waals surface area contributed by atoms with Gasteiger partial charge in [-0.2, -0.15) is 0 Å². The summed E-state index contributed by atoms with van der Waals surface area (Å²) in [5.74, 6) is -21.7. The summed E-state index contributed by atoms with van der Waals surface area (Å²) in [6.45, 7) is 4.84. The van der Waals surface area contributed by atoms with Gasteiger partial charge in [-0.15, -0.1) is 0 Å². The summed E-state index contributed by atoms with van der Waals surface area (Å²) in [7, 11) is 0. The lowest BCUT2D eigenvalue weighted by molar-refractivity contribution is -0.147.